The summed E-state index contributed by atoms with van der Waals surface area (Å²) in [4.78, 5) is 0. The molecule has 0 aliphatic rings. The quantitative estimate of drug-likeness (QED) is 0.909. The Labute approximate surface area is 112 Å². The summed E-state index contributed by atoms with van der Waals surface area (Å²) >= 11 is 0. The van der Waals surface area contributed by atoms with Crippen LogP contribution in [0.2, 0.25) is 0 Å². The maximum Gasteiger partial charge on any atom is 0.186 e. The number of hydrogen-bond acceptors (Lipinski definition) is 4. The van der Waals surface area contributed by atoms with Gasteiger partial charge in [0.1, 0.15) is 6.07 Å². The van der Waals surface area contributed by atoms with E-state index in [4.69, 9.17) is 5.26 Å². The van der Waals surface area contributed by atoms with Gasteiger partial charge in [-0.25, -0.2) is 0 Å². The third-order valence-electron chi connectivity index (χ3n) is 2.79. The molecule has 0 spiro atoms. The van der Waals surface area contributed by atoms with Crippen molar-refractivity contribution in [3.8, 4) is 6.07 Å². The van der Waals surface area contributed by atoms with Crippen LogP contribution in [-0.2, 0) is 0 Å². The molecule has 0 saturated carbocycles. The summed E-state index contributed by atoms with van der Waals surface area (Å²) in [6, 6.07) is 8.18. The molecule has 96 valence electrons. The first kappa shape index (κ1) is 13.0. The summed E-state index contributed by atoms with van der Waals surface area (Å²) in [5, 5.41) is 21.4. The van der Waals surface area contributed by atoms with Crippen LogP contribution in [0.4, 0.5) is 5.69 Å². The Kier molecular flexibility index (Phi) is 3.48. The van der Waals surface area contributed by atoms with E-state index in [0.717, 1.165) is 27.7 Å². The lowest BCUT2D eigenvalue weighted by Gasteiger charge is -2.13. The van der Waals surface area contributed by atoms with Crippen LogP contribution in [0.15, 0.2) is 24.8 Å². The van der Waals surface area contributed by atoms with Gasteiger partial charge in [0.2, 0.25) is 0 Å². The highest BCUT2D eigenvalue weighted by molar-refractivity contribution is 5.94. The highest BCUT2D eigenvalue weighted by Gasteiger charge is 2.11. The molecule has 19 heavy (non-hydrogen) atoms. The topological polar surface area (TPSA) is 61.6 Å². The fourth-order valence-electron chi connectivity index (χ4n) is 1.89. The molecule has 4 nitrogen and oxygen atoms in total. The summed E-state index contributed by atoms with van der Waals surface area (Å²) < 4.78 is 0. The highest BCUT2D eigenvalue weighted by Crippen LogP contribution is 2.27. The van der Waals surface area contributed by atoms with Gasteiger partial charge in [0.25, 0.3) is 0 Å². The second-order valence-corrected chi connectivity index (χ2v) is 4.85. The zero-order valence-corrected chi connectivity index (χ0v) is 11.4. The lowest BCUT2D eigenvalue weighted by Crippen LogP contribution is -2.12. The number of anilines is 1. The van der Waals surface area contributed by atoms with E-state index < -0.39 is 0 Å². The van der Waals surface area contributed by atoms with Gasteiger partial charge in [-0.05, 0) is 38.5 Å². The summed E-state index contributed by atoms with van der Waals surface area (Å²) in [7, 11) is 0. The van der Waals surface area contributed by atoms with E-state index in [-0.39, 0.29) is 6.04 Å². The first-order valence-electron chi connectivity index (χ1n) is 6.16. The van der Waals surface area contributed by atoms with Crippen LogP contribution < -0.4 is 5.32 Å². The fourth-order valence-corrected chi connectivity index (χ4v) is 1.89. The predicted octanol–water partition coefficient (Wildman–Crippen LogP) is 3.35. The molecule has 0 saturated heterocycles. The van der Waals surface area contributed by atoms with Crippen LogP contribution in [0.25, 0.3) is 16.5 Å². The first-order valence-corrected chi connectivity index (χ1v) is 6.16. The second-order valence-electron chi connectivity index (χ2n) is 4.85. The van der Waals surface area contributed by atoms with Gasteiger partial charge in [-0.3, -0.25) is 0 Å². The number of rotatable bonds is 3. The molecule has 1 aromatic heterocycles. The Balaban J connectivity index is 2.69. The van der Waals surface area contributed by atoms with E-state index in [1.165, 1.54) is 0 Å². The number of nitrogens with one attached hydrogen (secondary N) is 1. The number of hydrogen-bond donors (Lipinski definition) is 1. The van der Waals surface area contributed by atoms with Crippen molar-refractivity contribution in [3.05, 3.63) is 36.0 Å². The van der Waals surface area contributed by atoms with E-state index in [1.54, 1.807) is 0 Å². The number of fused-ring (bicyclic) bond motifs is 1. The van der Waals surface area contributed by atoms with E-state index in [1.807, 2.05) is 39.0 Å². The summed E-state index contributed by atoms with van der Waals surface area (Å²) in [5.74, 6) is 0. The van der Waals surface area contributed by atoms with Crippen LogP contribution in [-0.4, -0.2) is 16.2 Å². The van der Waals surface area contributed by atoms with Gasteiger partial charge in [-0.1, -0.05) is 18.2 Å². The number of nitrogens with zero attached hydrogens (tertiary/aromatic N) is 3. The lowest BCUT2D eigenvalue weighted by molar-refractivity contribution is 0.894. The van der Waals surface area contributed by atoms with Gasteiger partial charge >= 0.3 is 0 Å². The van der Waals surface area contributed by atoms with Crippen molar-refractivity contribution in [1.82, 2.24) is 10.2 Å². The van der Waals surface area contributed by atoms with Gasteiger partial charge in [-0.15, -0.1) is 10.2 Å². The average Bonchev–Trinajstić information content (AvgIpc) is 2.37. The monoisotopic (exact) mass is 252 g/mol. The largest absolute Gasteiger partial charge is 0.380 e. The minimum absolute atomic E-state index is 0.223. The van der Waals surface area contributed by atoms with Crippen LogP contribution in [0, 0.1) is 11.3 Å². The first-order chi connectivity index (χ1) is 9.02. The molecule has 0 radical (unpaired) electrons. The lowest BCUT2D eigenvalue weighted by atomic mass is 10.1. The molecule has 0 unspecified atom stereocenters. The van der Waals surface area contributed by atoms with Crippen LogP contribution in [0.3, 0.4) is 0 Å². The van der Waals surface area contributed by atoms with Gasteiger partial charge in [0.05, 0.1) is 11.2 Å². The Bertz CT molecular complexity index is 680. The van der Waals surface area contributed by atoms with Crippen molar-refractivity contribution in [2.24, 2.45) is 0 Å². The highest BCUT2D eigenvalue weighted by atomic mass is 15.1. The third-order valence-corrected chi connectivity index (χ3v) is 2.79. The molecule has 4 heteroatoms. The van der Waals surface area contributed by atoms with Crippen LogP contribution >= 0.6 is 0 Å². The molecule has 0 amide bonds. The Morgan fingerprint density at radius 3 is 2.68 bits per heavy atom. The summed E-state index contributed by atoms with van der Waals surface area (Å²) in [6.07, 6.45) is 0. The maximum absolute atomic E-state index is 9.13. The molecule has 0 fully saturated rings. The summed E-state index contributed by atoms with van der Waals surface area (Å²) in [6.45, 7) is 9.92. The van der Waals surface area contributed by atoms with Crippen LogP contribution in [0.1, 0.15) is 32.0 Å². The molecular formula is C15H16N4. The number of benzene rings is 1. The Morgan fingerprint density at radius 1 is 1.37 bits per heavy atom. The normalized spacial score (nSPS) is 10.5. The van der Waals surface area contributed by atoms with Crippen molar-refractivity contribution in [1.29, 1.82) is 5.26 Å². The molecule has 0 aliphatic carbocycles. The molecule has 0 atom stereocenters. The van der Waals surface area contributed by atoms with Gasteiger partial charge in [0, 0.05) is 11.4 Å². The minimum Gasteiger partial charge on any atom is -0.380 e. The van der Waals surface area contributed by atoms with E-state index in [2.05, 4.69) is 28.2 Å². The fraction of sp³-hybridized carbons (Fsp3) is 0.267. The van der Waals surface area contributed by atoms with Crippen molar-refractivity contribution in [2.75, 3.05) is 5.32 Å². The molecule has 2 rings (SSSR count). The molecule has 0 bridgehead atoms. The third kappa shape index (κ3) is 2.55. The summed E-state index contributed by atoms with van der Waals surface area (Å²) in [5.41, 5.74) is 3.84. The van der Waals surface area contributed by atoms with Gasteiger partial charge in [0.15, 0.2) is 5.69 Å². The molecular weight excluding hydrogens is 236 g/mol. The van der Waals surface area contributed by atoms with Crippen LogP contribution in [0.5, 0.6) is 0 Å². The smallest absolute Gasteiger partial charge is 0.186 e. The number of allylic oxidation sites excluding steroid dienone is 1. The van der Waals surface area contributed by atoms with Gasteiger partial charge < -0.3 is 5.32 Å². The molecule has 1 aromatic carbocycles. The van der Waals surface area contributed by atoms with Crippen molar-refractivity contribution in [2.45, 2.75) is 26.8 Å². The predicted molar refractivity (Wildman–Crippen MR) is 77.7 cm³/mol. The average molecular weight is 252 g/mol. The Hall–Kier alpha value is -2.41. The maximum atomic E-state index is 9.13. The second kappa shape index (κ2) is 5.07. The number of aromatic nitrogens is 2. The van der Waals surface area contributed by atoms with Crippen molar-refractivity contribution >= 4 is 22.2 Å². The van der Waals surface area contributed by atoms with Crippen molar-refractivity contribution in [3.63, 3.8) is 0 Å². The van der Waals surface area contributed by atoms with E-state index in [0.29, 0.717) is 5.69 Å². The minimum atomic E-state index is 0.223. The Morgan fingerprint density at radius 2 is 2.11 bits per heavy atom. The van der Waals surface area contributed by atoms with E-state index >= 15 is 0 Å². The SMILES string of the molecule is C=C(C)c1ccc2c(NC(C)C)c(C#N)nnc2c1. The van der Waals surface area contributed by atoms with E-state index in [9.17, 15) is 0 Å². The molecule has 1 N–H and O–H groups in total. The zero-order valence-electron chi connectivity index (χ0n) is 11.4. The molecule has 1 heterocycles. The molecule has 0 aliphatic heterocycles. The number of nitriles is 1. The van der Waals surface area contributed by atoms with Gasteiger partial charge in [-0.2, -0.15) is 5.26 Å². The standard InChI is InChI=1S/C15H16N4/c1-9(2)11-5-6-12-13(7-11)18-19-14(8-16)15(12)17-10(3)4/h5-7,10H,1H2,2-4H3,(H,17,18). The van der Waals surface area contributed by atoms with Crippen molar-refractivity contribution < 1.29 is 0 Å². The molecule has 2 aromatic rings. The zero-order chi connectivity index (χ0) is 14.0.